The van der Waals surface area contributed by atoms with Crippen molar-refractivity contribution in [3.05, 3.63) is 0 Å². The SMILES string of the molecule is NC1(C(F)(F)C(F)F)CC(F)(F)C1. The van der Waals surface area contributed by atoms with E-state index < -0.39 is 36.7 Å². The molecule has 0 saturated heterocycles. The molecule has 1 fully saturated rings. The molecule has 1 aliphatic rings. The first kappa shape index (κ1) is 10.6. The zero-order valence-corrected chi connectivity index (χ0v) is 6.34. The van der Waals surface area contributed by atoms with E-state index in [1.54, 1.807) is 0 Å². The fourth-order valence-corrected chi connectivity index (χ4v) is 1.32. The maximum absolute atomic E-state index is 12.5. The second kappa shape index (κ2) is 2.52. The first-order valence-electron chi connectivity index (χ1n) is 3.43. The van der Waals surface area contributed by atoms with Crippen LogP contribution in [0.3, 0.4) is 0 Å². The quantitative estimate of drug-likeness (QED) is 0.688. The maximum atomic E-state index is 12.5. The second-order valence-electron chi connectivity index (χ2n) is 3.29. The maximum Gasteiger partial charge on any atom is 0.325 e. The van der Waals surface area contributed by atoms with Gasteiger partial charge in [-0.25, -0.2) is 17.6 Å². The smallest absolute Gasteiger partial charge is 0.320 e. The van der Waals surface area contributed by atoms with Crippen molar-refractivity contribution in [3.8, 4) is 0 Å². The van der Waals surface area contributed by atoms with Gasteiger partial charge in [-0.05, 0) is 0 Å². The van der Waals surface area contributed by atoms with Gasteiger partial charge in [0.1, 0.15) is 0 Å². The summed E-state index contributed by atoms with van der Waals surface area (Å²) < 4.78 is 72.8. The van der Waals surface area contributed by atoms with Gasteiger partial charge in [0.05, 0.1) is 5.54 Å². The Morgan fingerprint density at radius 2 is 1.54 bits per heavy atom. The van der Waals surface area contributed by atoms with Gasteiger partial charge in [-0.2, -0.15) is 8.78 Å². The molecule has 0 heterocycles. The van der Waals surface area contributed by atoms with E-state index in [4.69, 9.17) is 5.73 Å². The highest BCUT2D eigenvalue weighted by molar-refractivity contribution is 5.12. The number of alkyl halides is 6. The minimum atomic E-state index is -4.55. The lowest BCUT2D eigenvalue weighted by Crippen LogP contribution is -2.70. The van der Waals surface area contributed by atoms with Gasteiger partial charge < -0.3 is 5.73 Å². The molecule has 0 aliphatic heterocycles. The summed E-state index contributed by atoms with van der Waals surface area (Å²) in [4.78, 5) is 0. The molecular formula is C6H7F6N. The average molecular weight is 207 g/mol. The molecule has 0 radical (unpaired) electrons. The van der Waals surface area contributed by atoms with Crippen LogP contribution in [0.1, 0.15) is 12.8 Å². The summed E-state index contributed by atoms with van der Waals surface area (Å²) in [6.45, 7) is 0. The number of rotatable bonds is 2. The van der Waals surface area contributed by atoms with Crippen LogP contribution in [0, 0.1) is 0 Å². The number of hydrogen-bond acceptors (Lipinski definition) is 1. The van der Waals surface area contributed by atoms with Crippen LogP contribution in [0.25, 0.3) is 0 Å². The molecule has 0 aromatic rings. The molecule has 0 spiro atoms. The summed E-state index contributed by atoms with van der Waals surface area (Å²) in [5, 5.41) is 0. The van der Waals surface area contributed by atoms with E-state index in [1.807, 2.05) is 0 Å². The first-order valence-corrected chi connectivity index (χ1v) is 3.43. The van der Waals surface area contributed by atoms with E-state index in [-0.39, 0.29) is 0 Å². The fraction of sp³-hybridized carbons (Fsp3) is 1.00. The zero-order chi connectivity index (χ0) is 10.5. The molecule has 7 heteroatoms. The van der Waals surface area contributed by atoms with Crippen molar-refractivity contribution in [1.29, 1.82) is 0 Å². The third kappa shape index (κ3) is 1.49. The topological polar surface area (TPSA) is 26.0 Å². The van der Waals surface area contributed by atoms with Gasteiger partial charge in [-0.3, -0.25) is 0 Å². The summed E-state index contributed by atoms with van der Waals surface area (Å²) in [7, 11) is 0. The highest BCUT2D eigenvalue weighted by Crippen LogP contribution is 2.52. The molecule has 2 N–H and O–H groups in total. The molecule has 1 nitrogen and oxygen atoms in total. The number of nitrogens with two attached hydrogens (primary N) is 1. The fourth-order valence-electron chi connectivity index (χ4n) is 1.32. The molecule has 0 bridgehead atoms. The van der Waals surface area contributed by atoms with Crippen molar-refractivity contribution >= 4 is 0 Å². The van der Waals surface area contributed by atoms with Crippen LogP contribution >= 0.6 is 0 Å². The molecule has 0 unspecified atom stereocenters. The molecule has 13 heavy (non-hydrogen) atoms. The minimum absolute atomic E-state index is 1.39. The molecule has 0 aromatic carbocycles. The predicted octanol–water partition coefficient (Wildman–Crippen LogP) is 2.01. The Morgan fingerprint density at radius 1 is 1.15 bits per heavy atom. The van der Waals surface area contributed by atoms with Crippen molar-refractivity contribution < 1.29 is 26.3 Å². The first-order chi connectivity index (χ1) is 5.61. The highest BCUT2D eigenvalue weighted by Gasteiger charge is 2.69. The molecule has 0 atom stereocenters. The third-order valence-electron chi connectivity index (χ3n) is 2.09. The van der Waals surface area contributed by atoms with Crippen molar-refractivity contribution in [2.45, 2.75) is 36.7 Å². The molecule has 1 saturated carbocycles. The molecule has 1 aliphatic carbocycles. The van der Waals surface area contributed by atoms with E-state index in [1.165, 1.54) is 0 Å². The monoisotopic (exact) mass is 207 g/mol. The van der Waals surface area contributed by atoms with Crippen LogP contribution < -0.4 is 5.73 Å². The lowest BCUT2D eigenvalue weighted by molar-refractivity contribution is -0.249. The van der Waals surface area contributed by atoms with Crippen molar-refractivity contribution in [1.82, 2.24) is 0 Å². The molecule has 0 amide bonds. The van der Waals surface area contributed by atoms with E-state index in [9.17, 15) is 26.3 Å². The van der Waals surface area contributed by atoms with Gasteiger partial charge in [0.15, 0.2) is 0 Å². The van der Waals surface area contributed by atoms with E-state index in [0.717, 1.165) is 0 Å². The summed E-state index contributed by atoms with van der Waals surface area (Å²) >= 11 is 0. The van der Waals surface area contributed by atoms with Crippen molar-refractivity contribution in [3.63, 3.8) is 0 Å². The van der Waals surface area contributed by atoms with E-state index in [2.05, 4.69) is 0 Å². The molecular weight excluding hydrogens is 200 g/mol. The molecule has 78 valence electrons. The van der Waals surface area contributed by atoms with Gasteiger partial charge in [0, 0.05) is 12.8 Å². The van der Waals surface area contributed by atoms with Crippen molar-refractivity contribution in [2.75, 3.05) is 0 Å². The van der Waals surface area contributed by atoms with Gasteiger partial charge in [-0.1, -0.05) is 0 Å². The predicted molar refractivity (Wildman–Crippen MR) is 32.1 cm³/mol. The number of hydrogen-bond donors (Lipinski definition) is 1. The van der Waals surface area contributed by atoms with Gasteiger partial charge >= 0.3 is 12.3 Å². The lowest BCUT2D eigenvalue weighted by atomic mass is 9.70. The van der Waals surface area contributed by atoms with Crippen LogP contribution in [0.5, 0.6) is 0 Å². The standard InChI is InChI=1S/C6H7F6N/c7-3(8)6(11,12)4(13)1-5(9,10)2-4/h3H,1-2,13H2. The molecule has 0 aromatic heterocycles. The summed E-state index contributed by atoms with van der Waals surface area (Å²) in [5.41, 5.74) is 1.99. The third-order valence-corrected chi connectivity index (χ3v) is 2.09. The Hall–Kier alpha value is -0.460. The zero-order valence-electron chi connectivity index (χ0n) is 6.34. The molecule has 1 rings (SSSR count). The minimum Gasteiger partial charge on any atom is -0.320 e. The van der Waals surface area contributed by atoms with Crippen LogP contribution in [-0.2, 0) is 0 Å². The Morgan fingerprint density at radius 3 is 1.77 bits per heavy atom. The van der Waals surface area contributed by atoms with Crippen molar-refractivity contribution in [2.24, 2.45) is 5.73 Å². The summed E-state index contributed by atoms with van der Waals surface area (Å²) in [5.74, 6) is -7.89. The Balaban J connectivity index is 2.74. The Labute approximate surface area is 69.9 Å². The normalized spacial score (nSPS) is 25.8. The largest absolute Gasteiger partial charge is 0.325 e. The van der Waals surface area contributed by atoms with Gasteiger partial charge in [0.2, 0.25) is 0 Å². The summed E-state index contributed by atoms with van der Waals surface area (Å²) in [6.07, 6.45) is -6.79. The van der Waals surface area contributed by atoms with Gasteiger partial charge in [0.25, 0.3) is 5.92 Å². The van der Waals surface area contributed by atoms with Crippen LogP contribution in [0.4, 0.5) is 26.3 Å². The van der Waals surface area contributed by atoms with E-state index >= 15 is 0 Å². The Kier molecular flexibility index (Phi) is 2.06. The van der Waals surface area contributed by atoms with Crippen LogP contribution in [0.15, 0.2) is 0 Å². The lowest BCUT2D eigenvalue weighted by Gasteiger charge is -2.48. The summed E-state index contributed by atoms with van der Waals surface area (Å²) in [6, 6.07) is 0. The van der Waals surface area contributed by atoms with Crippen LogP contribution in [-0.4, -0.2) is 23.8 Å². The Bertz CT molecular complexity index is 205. The second-order valence-corrected chi connectivity index (χ2v) is 3.29. The van der Waals surface area contributed by atoms with Crippen LogP contribution in [0.2, 0.25) is 0 Å². The van der Waals surface area contributed by atoms with E-state index in [0.29, 0.717) is 0 Å². The average Bonchev–Trinajstić information content (AvgIpc) is 1.81. The number of halogens is 6. The van der Waals surface area contributed by atoms with Gasteiger partial charge in [-0.15, -0.1) is 0 Å². The highest BCUT2D eigenvalue weighted by atomic mass is 19.3.